The summed E-state index contributed by atoms with van der Waals surface area (Å²) in [5.74, 6) is 1.47. The smallest absolute Gasteiger partial charge is 0.186 e. The molecule has 2 aliphatic rings. The van der Waals surface area contributed by atoms with Crippen LogP contribution in [-0.2, 0) is 36.9 Å². The van der Waals surface area contributed by atoms with Crippen LogP contribution in [0.4, 0.5) is 0 Å². The minimum atomic E-state index is -0.516. The van der Waals surface area contributed by atoms with Gasteiger partial charge >= 0.3 is 0 Å². The number of rotatable bonds is 9. The van der Waals surface area contributed by atoms with Crippen molar-refractivity contribution in [2.45, 2.75) is 85.1 Å². The van der Waals surface area contributed by atoms with E-state index in [0.717, 1.165) is 17.5 Å². The standard InChI is InChI=1S/C30H42O5/c1-6-26-22(4)21(3)23(5)29(34-26)35-27-20(2)17-32-30(33-19-25-15-11-8-12-16-25)28(27)31-18-24-13-9-7-10-14-24/h7-16,20-23,26-30H,6,17-19H2,1-5H3/t20-,21+,22-,23?,26?,27+,28?,29+,30+/m1/s1. The zero-order valence-electron chi connectivity index (χ0n) is 21.8. The second kappa shape index (κ2) is 12.5. The Morgan fingerprint density at radius 1 is 0.714 bits per heavy atom. The molecule has 0 N–H and O–H groups in total. The molecule has 4 rings (SSSR count). The van der Waals surface area contributed by atoms with E-state index in [1.807, 2.05) is 36.4 Å². The van der Waals surface area contributed by atoms with Crippen LogP contribution in [0.5, 0.6) is 0 Å². The molecule has 0 bridgehead atoms. The molecule has 3 unspecified atom stereocenters. The van der Waals surface area contributed by atoms with Gasteiger partial charge < -0.3 is 23.7 Å². The molecular weight excluding hydrogens is 440 g/mol. The average molecular weight is 483 g/mol. The van der Waals surface area contributed by atoms with Gasteiger partial charge in [0.15, 0.2) is 12.6 Å². The Kier molecular flexibility index (Phi) is 9.37. The van der Waals surface area contributed by atoms with Crippen LogP contribution >= 0.6 is 0 Å². The Hall–Kier alpha value is -1.76. The highest BCUT2D eigenvalue weighted by Gasteiger charge is 2.46. The normalized spacial score (nSPS) is 35.6. The molecule has 0 amide bonds. The van der Waals surface area contributed by atoms with E-state index in [1.165, 1.54) is 0 Å². The van der Waals surface area contributed by atoms with Gasteiger partial charge in [-0.1, -0.05) is 95.3 Å². The first kappa shape index (κ1) is 26.3. The van der Waals surface area contributed by atoms with Crippen molar-refractivity contribution in [1.29, 1.82) is 0 Å². The lowest BCUT2D eigenvalue weighted by Crippen LogP contribution is -2.56. The van der Waals surface area contributed by atoms with Crippen molar-refractivity contribution in [2.24, 2.45) is 23.7 Å². The molecule has 2 fully saturated rings. The van der Waals surface area contributed by atoms with E-state index in [-0.39, 0.29) is 30.5 Å². The molecule has 35 heavy (non-hydrogen) atoms. The van der Waals surface area contributed by atoms with Gasteiger partial charge in [0.2, 0.25) is 0 Å². The molecular formula is C30H42O5. The summed E-state index contributed by atoms with van der Waals surface area (Å²) in [4.78, 5) is 0. The predicted octanol–water partition coefficient (Wildman–Crippen LogP) is 6.21. The Bertz CT molecular complexity index is 873. The quantitative estimate of drug-likeness (QED) is 0.425. The molecule has 0 radical (unpaired) electrons. The first-order chi connectivity index (χ1) is 17.0. The van der Waals surface area contributed by atoms with Crippen molar-refractivity contribution in [3.05, 3.63) is 71.8 Å². The molecule has 2 heterocycles. The molecule has 2 aliphatic heterocycles. The van der Waals surface area contributed by atoms with Crippen molar-refractivity contribution in [1.82, 2.24) is 0 Å². The van der Waals surface area contributed by atoms with E-state index in [1.54, 1.807) is 0 Å². The van der Waals surface area contributed by atoms with Crippen molar-refractivity contribution >= 4 is 0 Å². The van der Waals surface area contributed by atoms with Crippen LogP contribution in [0.3, 0.4) is 0 Å². The third-order valence-electron chi connectivity index (χ3n) is 7.90. The van der Waals surface area contributed by atoms with Crippen molar-refractivity contribution in [3.63, 3.8) is 0 Å². The summed E-state index contributed by atoms with van der Waals surface area (Å²) in [5, 5.41) is 0. The summed E-state index contributed by atoms with van der Waals surface area (Å²) in [6, 6.07) is 20.4. The van der Waals surface area contributed by atoms with E-state index in [4.69, 9.17) is 23.7 Å². The van der Waals surface area contributed by atoms with Gasteiger partial charge in [0.1, 0.15) is 6.10 Å². The van der Waals surface area contributed by atoms with Crippen LogP contribution in [0.15, 0.2) is 60.7 Å². The Labute approximate surface area is 211 Å². The number of ether oxygens (including phenoxy) is 5. The van der Waals surface area contributed by atoms with Gasteiger partial charge in [-0.15, -0.1) is 0 Å². The van der Waals surface area contributed by atoms with Gasteiger partial charge in [-0.25, -0.2) is 0 Å². The van der Waals surface area contributed by atoms with Crippen molar-refractivity contribution < 1.29 is 23.7 Å². The highest BCUT2D eigenvalue weighted by Crippen LogP contribution is 2.39. The van der Waals surface area contributed by atoms with Crippen LogP contribution in [0.2, 0.25) is 0 Å². The lowest BCUT2D eigenvalue weighted by atomic mass is 9.78. The first-order valence-electron chi connectivity index (χ1n) is 13.2. The zero-order valence-corrected chi connectivity index (χ0v) is 21.8. The molecule has 5 heteroatoms. The van der Waals surface area contributed by atoms with Crippen molar-refractivity contribution in [3.8, 4) is 0 Å². The largest absolute Gasteiger partial charge is 0.365 e. The minimum absolute atomic E-state index is 0.151. The topological polar surface area (TPSA) is 46.2 Å². The van der Waals surface area contributed by atoms with Crippen LogP contribution in [0, 0.1) is 23.7 Å². The maximum atomic E-state index is 6.78. The molecule has 9 atom stereocenters. The molecule has 0 saturated carbocycles. The van der Waals surface area contributed by atoms with Crippen LogP contribution in [0.25, 0.3) is 0 Å². The van der Waals surface area contributed by atoms with E-state index < -0.39 is 6.29 Å². The van der Waals surface area contributed by atoms with E-state index in [9.17, 15) is 0 Å². The molecule has 2 aromatic rings. The zero-order chi connectivity index (χ0) is 24.8. The Morgan fingerprint density at radius 2 is 1.31 bits per heavy atom. The highest BCUT2D eigenvalue weighted by atomic mass is 16.7. The molecule has 2 saturated heterocycles. The van der Waals surface area contributed by atoms with Gasteiger partial charge in [-0.2, -0.15) is 0 Å². The maximum Gasteiger partial charge on any atom is 0.186 e. The Morgan fingerprint density at radius 3 is 1.91 bits per heavy atom. The second-order valence-corrected chi connectivity index (χ2v) is 10.4. The first-order valence-corrected chi connectivity index (χ1v) is 13.2. The third kappa shape index (κ3) is 6.52. The average Bonchev–Trinajstić information content (AvgIpc) is 2.89. The molecule has 0 aliphatic carbocycles. The maximum absolute atomic E-state index is 6.78. The van der Waals surface area contributed by atoms with Gasteiger partial charge in [0, 0.05) is 11.8 Å². The van der Waals surface area contributed by atoms with Crippen LogP contribution < -0.4 is 0 Å². The third-order valence-corrected chi connectivity index (χ3v) is 7.90. The van der Waals surface area contributed by atoms with Crippen molar-refractivity contribution in [2.75, 3.05) is 6.61 Å². The van der Waals surface area contributed by atoms with E-state index in [2.05, 4.69) is 58.9 Å². The number of hydrogen-bond acceptors (Lipinski definition) is 5. The molecule has 2 aromatic carbocycles. The predicted molar refractivity (Wildman–Crippen MR) is 136 cm³/mol. The van der Waals surface area contributed by atoms with Crippen LogP contribution in [0.1, 0.15) is 52.2 Å². The monoisotopic (exact) mass is 482 g/mol. The minimum Gasteiger partial charge on any atom is -0.365 e. The van der Waals surface area contributed by atoms with Gasteiger partial charge in [0.25, 0.3) is 0 Å². The molecule has 0 spiro atoms. The second-order valence-electron chi connectivity index (χ2n) is 10.4. The summed E-state index contributed by atoms with van der Waals surface area (Å²) in [7, 11) is 0. The molecule has 5 nitrogen and oxygen atoms in total. The van der Waals surface area contributed by atoms with Gasteiger partial charge in [0.05, 0.1) is 32.0 Å². The Balaban J connectivity index is 1.51. The van der Waals surface area contributed by atoms with Gasteiger partial charge in [-0.3, -0.25) is 0 Å². The number of benzene rings is 2. The van der Waals surface area contributed by atoms with E-state index in [0.29, 0.717) is 37.6 Å². The van der Waals surface area contributed by atoms with Gasteiger partial charge in [-0.05, 0) is 29.4 Å². The SMILES string of the molecule is CCC1O[C@@H](O[C@@H]2C(OCc3ccccc3)[C@H](OCc3ccccc3)OC[C@H]2C)C(C)[C@@H](C)[C@H]1C. The molecule has 192 valence electrons. The number of hydrogen-bond donors (Lipinski definition) is 0. The summed E-state index contributed by atoms with van der Waals surface area (Å²) in [6.45, 7) is 12.7. The lowest BCUT2D eigenvalue weighted by molar-refractivity contribution is -0.330. The highest BCUT2D eigenvalue weighted by molar-refractivity contribution is 5.14. The van der Waals surface area contributed by atoms with Crippen LogP contribution in [-0.4, -0.2) is 37.5 Å². The fraction of sp³-hybridized carbons (Fsp3) is 0.600. The van der Waals surface area contributed by atoms with E-state index >= 15 is 0 Å². The summed E-state index contributed by atoms with van der Waals surface area (Å²) in [6.07, 6.45) is -0.160. The summed E-state index contributed by atoms with van der Waals surface area (Å²) >= 11 is 0. The fourth-order valence-electron chi connectivity index (χ4n) is 5.23. The lowest BCUT2D eigenvalue weighted by Gasteiger charge is -2.47. The summed E-state index contributed by atoms with van der Waals surface area (Å²) in [5.41, 5.74) is 2.22. The molecule has 0 aromatic heterocycles. The fourth-order valence-corrected chi connectivity index (χ4v) is 5.23. The summed E-state index contributed by atoms with van der Waals surface area (Å²) < 4.78 is 32.2.